The second-order valence-corrected chi connectivity index (χ2v) is 7.17. The van der Waals surface area contributed by atoms with E-state index in [1.54, 1.807) is 0 Å². The Morgan fingerprint density at radius 2 is 2.10 bits per heavy atom. The number of nitrogens with zero attached hydrogens (tertiary/aromatic N) is 1. The highest BCUT2D eigenvalue weighted by molar-refractivity contribution is 7.80. The number of rotatable bonds is 3. The van der Waals surface area contributed by atoms with Gasteiger partial charge < -0.3 is 10.6 Å². The van der Waals surface area contributed by atoms with Crippen LogP contribution in [0.2, 0.25) is 0 Å². The van der Waals surface area contributed by atoms with Gasteiger partial charge in [0.1, 0.15) is 4.99 Å². The maximum atomic E-state index is 12.3. The Hall–Kier alpha value is -1.42. The maximum absolute atomic E-state index is 12.3. The monoisotopic (exact) mass is 304 g/mol. The first-order chi connectivity index (χ1) is 9.78. The van der Waals surface area contributed by atoms with Gasteiger partial charge in [0, 0.05) is 25.1 Å². The quantitative estimate of drug-likeness (QED) is 0.873. The standard InChI is InChI=1S/C17H24N2OS/c1-12-10-13(16(18)21)4-5-14(12)11-19-9-8-17(2,3)7-6-15(19)20/h4-5,10H,6-9,11H2,1-3H3,(H2,18,21). The molecule has 0 bridgehead atoms. The van der Waals surface area contributed by atoms with Crippen molar-refractivity contribution in [2.24, 2.45) is 11.1 Å². The van der Waals surface area contributed by atoms with Crippen molar-refractivity contribution >= 4 is 23.1 Å². The van der Waals surface area contributed by atoms with Crippen molar-refractivity contribution in [2.75, 3.05) is 6.54 Å². The smallest absolute Gasteiger partial charge is 0.222 e. The molecule has 2 rings (SSSR count). The van der Waals surface area contributed by atoms with E-state index in [0.717, 1.165) is 30.5 Å². The largest absolute Gasteiger partial charge is 0.389 e. The van der Waals surface area contributed by atoms with Crippen molar-refractivity contribution in [1.29, 1.82) is 0 Å². The molecule has 1 aliphatic heterocycles. The molecule has 114 valence electrons. The van der Waals surface area contributed by atoms with Gasteiger partial charge in [-0.2, -0.15) is 0 Å². The summed E-state index contributed by atoms with van der Waals surface area (Å²) in [6.07, 6.45) is 2.68. The zero-order valence-electron chi connectivity index (χ0n) is 13.1. The minimum Gasteiger partial charge on any atom is -0.389 e. The molecule has 1 fully saturated rings. The predicted octanol–water partition coefficient (Wildman–Crippen LogP) is 3.17. The molecule has 1 aromatic carbocycles. The molecule has 0 spiro atoms. The van der Waals surface area contributed by atoms with Gasteiger partial charge in [-0.05, 0) is 42.4 Å². The third kappa shape index (κ3) is 4.03. The van der Waals surface area contributed by atoms with Gasteiger partial charge >= 0.3 is 0 Å². The highest BCUT2D eigenvalue weighted by Gasteiger charge is 2.27. The summed E-state index contributed by atoms with van der Waals surface area (Å²) in [5, 5.41) is 0. The minimum atomic E-state index is 0.259. The summed E-state index contributed by atoms with van der Waals surface area (Å²) in [5.74, 6) is 0.262. The highest BCUT2D eigenvalue weighted by Crippen LogP contribution is 2.31. The van der Waals surface area contributed by atoms with Crippen LogP contribution in [0.15, 0.2) is 18.2 Å². The van der Waals surface area contributed by atoms with E-state index >= 15 is 0 Å². The summed E-state index contributed by atoms with van der Waals surface area (Å²) in [6.45, 7) is 8.04. The van der Waals surface area contributed by atoms with Crippen LogP contribution in [0.4, 0.5) is 0 Å². The zero-order chi connectivity index (χ0) is 15.6. The third-order valence-electron chi connectivity index (χ3n) is 4.42. The summed E-state index contributed by atoms with van der Waals surface area (Å²) in [5.41, 5.74) is 9.10. The van der Waals surface area contributed by atoms with Crippen molar-refractivity contribution < 1.29 is 4.79 Å². The van der Waals surface area contributed by atoms with E-state index in [1.807, 2.05) is 30.0 Å². The molecular formula is C17H24N2OS. The highest BCUT2D eigenvalue weighted by atomic mass is 32.1. The predicted molar refractivity (Wildman–Crippen MR) is 90.1 cm³/mol. The van der Waals surface area contributed by atoms with Crippen LogP contribution in [0.5, 0.6) is 0 Å². The van der Waals surface area contributed by atoms with Gasteiger partial charge in [0.15, 0.2) is 0 Å². The van der Waals surface area contributed by atoms with Crippen LogP contribution in [0, 0.1) is 12.3 Å². The lowest BCUT2D eigenvalue weighted by Crippen LogP contribution is -2.30. The lowest BCUT2D eigenvalue weighted by atomic mass is 9.85. The Bertz CT molecular complexity index is 566. The molecule has 0 unspecified atom stereocenters. The molecule has 1 saturated heterocycles. The molecule has 1 heterocycles. The molecule has 1 amide bonds. The Kier molecular flexibility index (Phi) is 4.67. The fourth-order valence-electron chi connectivity index (χ4n) is 2.69. The van der Waals surface area contributed by atoms with E-state index in [0.29, 0.717) is 18.0 Å². The molecule has 1 aliphatic rings. The van der Waals surface area contributed by atoms with Gasteiger partial charge in [-0.25, -0.2) is 0 Å². The number of likely N-dealkylation sites (tertiary alicyclic amines) is 1. The fourth-order valence-corrected chi connectivity index (χ4v) is 2.82. The van der Waals surface area contributed by atoms with Gasteiger partial charge in [0.25, 0.3) is 0 Å². The molecular weight excluding hydrogens is 280 g/mol. The Balaban J connectivity index is 2.14. The Morgan fingerprint density at radius 1 is 1.38 bits per heavy atom. The summed E-state index contributed by atoms with van der Waals surface area (Å²) < 4.78 is 0. The van der Waals surface area contributed by atoms with Gasteiger partial charge in [-0.3, -0.25) is 4.79 Å². The molecule has 4 heteroatoms. The van der Waals surface area contributed by atoms with Crippen LogP contribution in [0.25, 0.3) is 0 Å². The van der Waals surface area contributed by atoms with Gasteiger partial charge in [0.05, 0.1) is 0 Å². The van der Waals surface area contributed by atoms with Crippen molar-refractivity contribution in [1.82, 2.24) is 4.90 Å². The molecule has 0 aliphatic carbocycles. The summed E-state index contributed by atoms with van der Waals surface area (Å²) in [4.78, 5) is 14.7. The summed E-state index contributed by atoms with van der Waals surface area (Å²) in [7, 11) is 0. The van der Waals surface area contributed by atoms with Crippen LogP contribution in [0.3, 0.4) is 0 Å². The Labute approximate surface area is 132 Å². The first kappa shape index (κ1) is 16.0. The lowest BCUT2D eigenvalue weighted by Gasteiger charge is -2.24. The van der Waals surface area contributed by atoms with Crippen LogP contribution >= 0.6 is 12.2 Å². The van der Waals surface area contributed by atoms with Crippen LogP contribution in [0.1, 0.15) is 49.8 Å². The lowest BCUT2D eigenvalue weighted by molar-refractivity contribution is -0.131. The molecule has 21 heavy (non-hydrogen) atoms. The van der Waals surface area contributed by atoms with E-state index in [2.05, 4.69) is 13.8 Å². The minimum absolute atomic E-state index is 0.259. The topological polar surface area (TPSA) is 46.3 Å². The van der Waals surface area contributed by atoms with Crippen molar-refractivity contribution in [3.8, 4) is 0 Å². The van der Waals surface area contributed by atoms with Crippen LogP contribution < -0.4 is 5.73 Å². The van der Waals surface area contributed by atoms with E-state index < -0.39 is 0 Å². The number of thiocarbonyl (C=S) groups is 1. The first-order valence-electron chi connectivity index (χ1n) is 7.46. The number of aryl methyl sites for hydroxylation is 1. The number of hydrogen-bond donors (Lipinski definition) is 1. The summed E-state index contributed by atoms with van der Waals surface area (Å²) >= 11 is 5.00. The molecule has 0 aromatic heterocycles. The SMILES string of the molecule is Cc1cc(C(N)=S)ccc1CN1CCC(C)(C)CCC1=O. The molecule has 2 N–H and O–H groups in total. The molecule has 0 saturated carbocycles. The second kappa shape index (κ2) is 6.14. The number of benzene rings is 1. The molecule has 1 aromatic rings. The third-order valence-corrected chi connectivity index (χ3v) is 4.65. The van der Waals surface area contributed by atoms with E-state index in [4.69, 9.17) is 18.0 Å². The Morgan fingerprint density at radius 3 is 2.71 bits per heavy atom. The van der Waals surface area contributed by atoms with Crippen LogP contribution in [-0.4, -0.2) is 22.3 Å². The van der Waals surface area contributed by atoms with Crippen molar-refractivity contribution in [3.63, 3.8) is 0 Å². The normalized spacial score (nSPS) is 18.4. The van der Waals surface area contributed by atoms with Gasteiger partial charge in [-0.1, -0.05) is 38.2 Å². The number of hydrogen-bond acceptors (Lipinski definition) is 2. The van der Waals surface area contributed by atoms with Crippen molar-refractivity contribution in [3.05, 3.63) is 34.9 Å². The first-order valence-corrected chi connectivity index (χ1v) is 7.86. The molecule has 0 atom stereocenters. The fraction of sp³-hybridized carbons (Fsp3) is 0.529. The summed E-state index contributed by atoms with van der Waals surface area (Å²) in [6, 6.07) is 5.98. The van der Waals surface area contributed by atoms with Crippen molar-refractivity contribution in [2.45, 2.75) is 46.6 Å². The number of carbonyl (C=O) groups is 1. The average Bonchev–Trinajstić information content (AvgIpc) is 2.53. The van der Waals surface area contributed by atoms with E-state index in [1.165, 1.54) is 5.56 Å². The van der Waals surface area contributed by atoms with Gasteiger partial charge in [-0.15, -0.1) is 0 Å². The zero-order valence-corrected chi connectivity index (χ0v) is 13.9. The average molecular weight is 304 g/mol. The number of amides is 1. The van der Waals surface area contributed by atoms with E-state index in [9.17, 15) is 4.79 Å². The molecule has 3 nitrogen and oxygen atoms in total. The number of carbonyl (C=O) groups excluding carboxylic acids is 1. The molecule has 0 radical (unpaired) electrons. The maximum Gasteiger partial charge on any atom is 0.222 e. The van der Waals surface area contributed by atoms with Crippen LogP contribution in [-0.2, 0) is 11.3 Å². The van der Waals surface area contributed by atoms with Gasteiger partial charge in [0.2, 0.25) is 5.91 Å². The number of nitrogens with two attached hydrogens (primary N) is 1. The van der Waals surface area contributed by atoms with E-state index in [-0.39, 0.29) is 11.3 Å². The second-order valence-electron chi connectivity index (χ2n) is 6.74.